The number of aromatic amines is 1. The number of hydrogen-bond acceptors (Lipinski definition) is 5. The van der Waals surface area contributed by atoms with Gasteiger partial charge in [0.15, 0.2) is 0 Å². The zero-order chi connectivity index (χ0) is 17.9. The molecule has 0 aromatic carbocycles. The van der Waals surface area contributed by atoms with Crippen LogP contribution in [0.1, 0.15) is 35.9 Å². The minimum atomic E-state index is 0.272. The maximum absolute atomic E-state index is 5.77. The molecule has 0 spiro atoms. The predicted octanol–water partition coefficient (Wildman–Crippen LogP) is 2.51. The van der Waals surface area contributed by atoms with Crippen molar-refractivity contribution in [1.82, 2.24) is 29.6 Å². The van der Waals surface area contributed by atoms with Gasteiger partial charge in [-0.05, 0) is 32.0 Å². The Kier molecular flexibility index (Phi) is 4.71. The maximum Gasteiger partial charge on any atom is 0.137 e. The van der Waals surface area contributed by atoms with Gasteiger partial charge in [0.1, 0.15) is 11.6 Å². The first-order valence-electron chi connectivity index (χ1n) is 9.03. The third kappa shape index (κ3) is 3.48. The van der Waals surface area contributed by atoms with Gasteiger partial charge in [-0.25, -0.2) is 4.98 Å². The largest absolute Gasteiger partial charge is 0.492 e. The second-order valence-electron chi connectivity index (χ2n) is 6.74. The first-order valence-corrected chi connectivity index (χ1v) is 9.03. The number of pyridine rings is 1. The molecule has 0 bridgehead atoms. The molecule has 1 aliphatic rings. The monoisotopic (exact) mass is 352 g/mol. The molecule has 0 aliphatic carbocycles. The number of aromatic nitrogens is 5. The van der Waals surface area contributed by atoms with Crippen molar-refractivity contribution in [3.63, 3.8) is 0 Å². The van der Waals surface area contributed by atoms with Gasteiger partial charge in [0, 0.05) is 49.8 Å². The van der Waals surface area contributed by atoms with Gasteiger partial charge in [-0.2, -0.15) is 5.10 Å². The third-order valence-corrected chi connectivity index (χ3v) is 4.89. The fourth-order valence-electron chi connectivity index (χ4n) is 3.49. The smallest absolute Gasteiger partial charge is 0.137 e. The van der Waals surface area contributed by atoms with Crippen LogP contribution in [-0.2, 0) is 19.5 Å². The Morgan fingerprint density at radius 3 is 3.00 bits per heavy atom. The average Bonchev–Trinajstić information content (AvgIpc) is 3.25. The molecular weight excluding hydrogens is 328 g/mol. The molecule has 0 saturated carbocycles. The minimum Gasteiger partial charge on any atom is -0.492 e. The molecule has 4 rings (SSSR count). The van der Waals surface area contributed by atoms with E-state index in [1.165, 1.54) is 5.69 Å². The van der Waals surface area contributed by atoms with Crippen LogP contribution in [0.15, 0.2) is 36.8 Å². The molecule has 3 aromatic heterocycles. The van der Waals surface area contributed by atoms with Crippen LogP contribution in [-0.4, -0.2) is 42.8 Å². The van der Waals surface area contributed by atoms with Crippen molar-refractivity contribution in [3.8, 4) is 5.75 Å². The normalized spacial score (nSPS) is 17.2. The van der Waals surface area contributed by atoms with Crippen LogP contribution >= 0.6 is 0 Å². The molecular formula is C19H24N6O. The van der Waals surface area contributed by atoms with Crippen LogP contribution in [0.4, 0.5) is 0 Å². The topological polar surface area (TPSA) is 71.9 Å². The van der Waals surface area contributed by atoms with Gasteiger partial charge >= 0.3 is 0 Å². The molecule has 0 fully saturated rings. The number of nitrogens with one attached hydrogen (secondary N) is 1. The highest BCUT2D eigenvalue weighted by Gasteiger charge is 2.27. The van der Waals surface area contributed by atoms with E-state index in [4.69, 9.17) is 4.74 Å². The fourth-order valence-corrected chi connectivity index (χ4v) is 3.49. The highest BCUT2D eigenvalue weighted by atomic mass is 16.5. The number of imidazole rings is 1. The van der Waals surface area contributed by atoms with Crippen LogP contribution in [0.2, 0.25) is 0 Å². The Bertz CT molecular complexity index is 856. The number of nitrogens with zero attached hydrogens (tertiary/aromatic N) is 5. The maximum atomic E-state index is 5.77. The van der Waals surface area contributed by atoms with E-state index in [-0.39, 0.29) is 6.04 Å². The number of aryl methyl sites for hydroxylation is 1. The lowest BCUT2D eigenvalue weighted by Crippen LogP contribution is -2.37. The summed E-state index contributed by atoms with van der Waals surface area (Å²) in [5, 5.41) is 7.38. The molecule has 1 aliphatic heterocycles. The van der Waals surface area contributed by atoms with Crippen molar-refractivity contribution in [2.24, 2.45) is 0 Å². The molecule has 1 N–H and O–H groups in total. The summed E-state index contributed by atoms with van der Waals surface area (Å²) in [6, 6.07) is 6.19. The van der Waals surface area contributed by atoms with Crippen LogP contribution in [0.25, 0.3) is 0 Å². The highest BCUT2D eigenvalue weighted by Crippen LogP contribution is 2.26. The van der Waals surface area contributed by atoms with Gasteiger partial charge in [0.05, 0.1) is 24.5 Å². The summed E-state index contributed by atoms with van der Waals surface area (Å²) in [6.07, 6.45) is 6.31. The van der Waals surface area contributed by atoms with E-state index in [0.29, 0.717) is 6.61 Å². The zero-order valence-corrected chi connectivity index (χ0v) is 15.2. The number of ether oxygens (including phenoxy) is 1. The van der Waals surface area contributed by atoms with Gasteiger partial charge in [0.2, 0.25) is 0 Å². The molecule has 0 saturated heterocycles. The lowest BCUT2D eigenvalue weighted by molar-refractivity contribution is 0.153. The average molecular weight is 352 g/mol. The molecule has 1 atom stereocenters. The van der Waals surface area contributed by atoms with Crippen LogP contribution < -0.4 is 4.74 Å². The van der Waals surface area contributed by atoms with E-state index in [1.807, 2.05) is 25.3 Å². The Hall–Kier alpha value is -2.67. The van der Waals surface area contributed by atoms with Crippen molar-refractivity contribution < 1.29 is 4.74 Å². The summed E-state index contributed by atoms with van der Waals surface area (Å²) in [6.45, 7) is 7.66. The molecule has 0 amide bonds. The first kappa shape index (κ1) is 16.8. The lowest BCUT2D eigenvalue weighted by Gasteiger charge is -2.33. The number of hydrogen-bond donors (Lipinski definition) is 1. The second-order valence-corrected chi connectivity index (χ2v) is 6.74. The third-order valence-electron chi connectivity index (χ3n) is 4.89. The fraction of sp³-hybridized carbons (Fsp3) is 0.421. The van der Waals surface area contributed by atoms with Gasteiger partial charge < -0.3 is 9.30 Å². The van der Waals surface area contributed by atoms with Crippen LogP contribution in [0.5, 0.6) is 5.75 Å². The van der Waals surface area contributed by atoms with Crippen molar-refractivity contribution in [2.75, 3.05) is 13.2 Å². The zero-order valence-electron chi connectivity index (χ0n) is 15.2. The summed E-state index contributed by atoms with van der Waals surface area (Å²) in [5.41, 5.74) is 3.41. The van der Waals surface area contributed by atoms with E-state index in [0.717, 1.165) is 49.0 Å². The predicted molar refractivity (Wildman–Crippen MR) is 97.8 cm³/mol. The van der Waals surface area contributed by atoms with Gasteiger partial charge in [-0.1, -0.05) is 0 Å². The van der Waals surface area contributed by atoms with E-state index >= 15 is 0 Å². The molecule has 0 radical (unpaired) electrons. The Labute approximate surface area is 153 Å². The molecule has 4 heterocycles. The van der Waals surface area contributed by atoms with Crippen molar-refractivity contribution in [2.45, 2.75) is 39.4 Å². The van der Waals surface area contributed by atoms with E-state index in [1.54, 1.807) is 12.4 Å². The van der Waals surface area contributed by atoms with E-state index in [9.17, 15) is 0 Å². The highest BCUT2D eigenvalue weighted by molar-refractivity contribution is 5.16. The molecule has 0 unspecified atom stereocenters. The summed E-state index contributed by atoms with van der Waals surface area (Å²) in [4.78, 5) is 11.2. The van der Waals surface area contributed by atoms with E-state index in [2.05, 4.69) is 42.6 Å². The molecule has 26 heavy (non-hydrogen) atoms. The molecule has 3 aromatic rings. The Morgan fingerprint density at radius 1 is 1.31 bits per heavy atom. The number of fused-ring (bicyclic) bond motifs is 1. The summed E-state index contributed by atoms with van der Waals surface area (Å²) >= 11 is 0. The summed E-state index contributed by atoms with van der Waals surface area (Å²) < 4.78 is 8.11. The molecule has 7 heteroatoms. The van der Waals surface area contributed by atoms with Gasteiger partial charge in [-0.3, -0.25) is 15.0 Å². The number of H-pyrrole nitrogens is 1. The Morgan fingerprint density at radius 2 is 2.23 bits per heavy atom. The summed E-state index contributed by atoms with van der Waals surface area (Å²) in [7, 11) is 0. The number of rotatable bonds is 6. The van der Waals surface area contributed by atoms with Crippen molar-refractivity contribution in [3.05, 3.63) is 59.7 Å². The SMILES string of the molecule is Cc1cc(CN2CCn3c(CCOc4cccnc4)cnc3[C@H]2C)n[nH]1. The van der Waals surface area contributed by atoms with Crippen molar-refractivity contribution in [1.29, 1.82) is 0 Å². The quantitative estimate of drug-likeness (QED) is 0.738. The standard InChI is InChI=1S/C19H24N6O/c1-14-10-16(23-22-14)13-24-7-8-25-17(11-21-19(25)15(24)2)5-9-26-18-4-3-6-20-12-18/h3-4,6,10-12,15H,5,7-9,13H2,1-2H3,(H,22,23)/t15-/m1/s1. The minimum absolute atomic E-state index is 0.272. The molecule has 136 valence electrons. The summed E-state index contributed by atoms with van der Waals surface area (Å²) in [5.74, 6) is 1.93. The van der Waals surface area contributed by atoms with Crippen LogP contribution in [0.3, 0.4) is 0 Å². The van der Waals surface area contributed by atoms with Crippen molar-refractivity contribution >= 4 is 0 Å². The lowest BCUT2D eigenvalue weighted by atomic mass is 10.2. The van der Waals surface area contributed by atoms with Crippen LogP contribution in [0, 0.1) is 6.92 Å². The van der Waals surface area contributed by atoms with Gasteiger partial charge in [0.25, 0.3) is 0 Å². The Balaban J connectivity index is 1.39. The molecule has 7 nitrogen and oxygen atoms in total. The second kappa shape index (κ2) is 7.29. The first-order chi connectivity index (χ1) is 12.7. The van der Waals surface area contributed by atoms with Gasteiger partial charge in [-0.15, -0.1) is 0 Å². The van der Waals surface area contributed by atoms with E-state index < -0.39 is 0 Å².